The van der Waals surface area contributed by atoms with Crippen molar-refractivity contribution in [3.05, 3.63) is 0 Å². The van der Waals surface area contributed by atoms with Crippen LogP contribution in [-0.2, 0) is 9.53 Å². The molecule has 0 aromatic rings. The van der Waals surface area contributed by atoms with Crippen molar-refractivity contribution in [2.45, 2.75) is 51.2 Å². The van der Waals surface area contributed by atoms with E-state index in [-0.39, 0.29) is 12.0 Å². The van der Waals surface area contributed by atoms with E-state index >= 15 is 0 Å². The van der Waals surface area contributed by atoms with Gasteiger partial charge in [0.2, 0.25) is 5.91 Å². The molecule has 1 atom stereocenters. The minimum Gasteiger partial charge on any atom is -0.376 e. The summed E-state index contributed by atoms with van der Waals surface area (Å²) in [7, 11) is 0. The molecule has 2 heterocycles. The van der Waals surface area contributed by atoms with Gasteiger partial charge in [0.15, 0.2) is 0 Å². The number of hydrogen-bond donors (Lipinski definition) is 1. The summed E-state index contributed by atoms with van der Waals surface area (Å²) in [5, 5.41) is 3.45. The lowest BCUT2D eigenvalue weighted by Gasteiger charge is -2.31. The van der Waals surface area contributed by atoms with Gasteiger partial charge in [-0.1, -0.05) is 0 Å². The molecule has 3 fully saturated rings. The molecule has 0 aromatic carbocycles. The van der Waals surface area contributed by atoms with Gasteiger partial charge in [0.1, 0.15) is 0 Å². The van der Waals surface area contributed by atoms with Crippen LogP contribution in [0, 0.1) is 5.41 Å². The van der Waals surface area contributed by atoms with Crippen molar-refractivity contribution in [2.24, 2.45) is 5.41 Å². The fraction of sp³-hybridized carbons (Fsp3) is 0.929. The molecule has 2 aliphatic heterocycles. The molecule has 0 radical (unpaired) electrons. The Morgan fingerprint density at radius 1 is 1.44 bits per heavy atom. The number of carbonyl (C=O) groups is 1. The third-order valence-electron chi connectivity index (χ3n) is 4.66. The molecular formula is C14H24N2O2. The van der Waals surface area contributed by atoms with Crippen LogP contribution in [0.25, 0.3) is 0 Å². The summed E-state index contributed by atoms with van der Waals surface area (Å²) in [5.41, 5.74) is -0.0628. The predicted octanol–water partition coefficient (Wildman–Crippen LogP) is 1.16. The van der Waals surface area contributed by atoms with Gasteiger partial charge in [0.05, 0.1) is 11.6 Å². The zero-order valence-electron chi connectivity index (χ0n) is 11.5. The highest BCUT2D eigenvalue weighted by molar-refractivity contribution is 5.86. The molecule has 3 aliphatic rings. The van der Waals surface area contributed by atoms with Gasteiger partial charge in [-0.05, 0) is 39.5 Å². The van der Waals surface area contributed by atoms with E-state index in [0.717, 1.165) is 39.1 Å². The standard InChI is InChI=1S/C14H24N2O2/c1-13(2)12(17)16(8-11-4-3-7-18-11)10-14(5-6-14)9-15-13/h11,15H,3-10H2,1-2H3. The molecule has 1 aliphatic carbocycles. The average molecular weight is 252 g/mol. The zero-order valence-corrected chi connectivity index (χ0v) is 11.5. The van der Waals surface area contributed by atoms with Crippen LogP contribution in [0.15, 0.2) is 0 Å². The van der Waals surface area contributed by atoms with Gasteiger partial charge in [-0.3, -0.25) is 4.79 Å². The first-order chi connectivity index (χ1) is 8.51. The Morgan fingerprint density at radius 3 is 2.83 bits per heavy atom. The molecular weight excluding hydrogens is 228 g/mol. The first-order valence-corrected chi connectivity index (χ1v) is 7.17. The van der Waals surface area contributed by atoms with Crippen LogP contribution in [0.5, 0.6) is 0 Å². The Labute approximate surface area is 109 Å². The Balaban J connectivity index is 1.73. The fourth-order valence-electron chi connectivity index (χ4n) is 3.11. The van der Waals surface area contributed by atoms with Crippen LogP contribution in [0.1, 0.15) is 39.5 Å². The van der Waals surface area contributed by atoms with Crippen molar-refractivity contribution < 1.29 is 9.53 Å². The van der Waals surface area contributed by atoms with Gasteiger partial charge >= 0.3 is 0 Å². The van der Waals surface area contributed by atoms with Crippen molar-refractivity contribution >= 4 is 5.91 Å². The number of hydrogen-bond acceptors (Lipinski definition) is 3. The summed E-state index contributed by atoms with van der Waals surface area (Å²) >= 11 is 0. The van der Waals surface area contributed by atoms with Crippen molar-refractivity contribution in [1.29, 1.82) is 0 Å². The molecule has 1 N–H and O–H groups in total. The lowest BCUT2D eigenvalue weighted by Crippen LogP contribution is -2.52. The number of carbonyl (C=O) groups excluding carboxylic acids is 1. The second-order valence-corrected chi connectivity index (χ2v) is 6.80. The summed E-state index contributed by atoms with van der Waals surface area (Å²) < 4.78 is 5.69. The quantitative estimate of drug-likeness (QED) is 0.802. The molecule has 2 saturated heterocycles. The third kappa shape index (κ3) is 2.28. The maximum Gasteiger partial charge on any atom is 0.242 e. The summed E-state index contributed by atoms with van der Waals surface area (Å²) in [6, 6.07) is 0. The molecule has 102 valence electrons. The minimum absolute atomic E-state index is 0.238. The van der Waals surface area contributed by atoms with Crippen molar-refractivity contribution in [1.82, 2.24) is 10.2 Å². The molecule has 1 spiro atoms. The number of rotatable bonds is 2. The molecule has 18 heavy (non-hydrogen) atoms. The third-order valence-corrected chi connectivity index (χ3v) is 4.66. The van der Waals surface area contributed by atoms with Gasteiger partial charge in [-0.2, -0.15) is 0 Å². The minimum atomic E-state index is -0.426. The number of amides is 1. The molecule has 1 amide bonds. The van der Waals surface area contributed by atoms with Gasteiger partial charge in [0.25, 0.3) is 0 Å². The largest absolute Gasteiger partial charge is 0.376 e. The molecule has 0 aromatic heterocycles. The normalized spacial score (nSPS) is 33.8. The second-order valence-electron chi connectivity index (χ2n) is 6.80. The van der Waals surface area contributed by atoms with E-state index in [4.69, 9.17) is 4.74 Å². The van der Waals surface area contributed by atoms with Gasteiger partial charge in [-0.25, -0.2) is 0 Å². The van der Waals surface area contributed by atoms with Crippen LogP contribution < -0.4 is 5.32 Å². The Hall–Kier alpha value is -0.610. The molecule has 4 nitrogen and oxygen atoms in total. The summed E-state index contributed by atoms with van der Waals surface area (Å²) in [5.74, 6) is 0.238. The van der Waals surface area contributed by atoms with Crippen molar-refractivity contribution in [3.8, 4) is 0 Å². The van der Waals surface area contributed by atoms with E-state index in [1.165, 1.54) is 12.8 Å². The topological polar surface area (TPSA) is 41.6 Å². The van der Waals surface area contributed by atoms with Crippen LogP contribution in [0.2, 0.25) is 0 Å². The first-order valence-electron chi connectivity index (χ1n) is 7.17. The second kappa shape index (κ2) is 4.20. The van der Waals surface area contributed by atoms with Crippen LogP contribution in [0.4, 0.5) is 0 Å². The average Bonchev–Trinajstić information content (AvgIpc) is 2.92. The van der Waals surface area contributed by atoms with E-state index in [9.17, 15) is 4.79 Å². The molecule has 1 unspecified atom stereocenters. The highest BCUT2D eigenvalue weighted by atomic mass is 16.5. The van der Waals surface area contributed by atoms with Crippen LogP contribution >= 0.6 is 0 Å². The highest BCUT2D eigenvalue weighted by Gasteiger charge is 2.50. The van der Waals surface area contributed by atoms with E-state index < -0.39 is 5.54 Å². The maximum atomic E-state index is 12.6. The van der Waals surface area contributed by atoms with Crippen molar-refractivity contribution in [2.75, 3.05) is 26.2 Å². The SMILES string of the molecule is CC1(C)NCC2(CC2)CN(CC2CCCO2)C1=O. The van der Waals surface area contributed by atoms with Gasteiger partial charge < -0.3 is 15.0 Å². The van der Waals surface area contributed by atoms with E-state index in [1.54, 1.807) is 0 Å². The molecule has 3 rings (SSSR count). The Morgan fingerprint density at radius 2 is 2.22 bits per heavy atom. The summed E-state index contributed by atoms with van der Waals surface area (Å²) in [6.45, 7) is 7.54. The summed E-state index contributed by atoms with van der Waals surface area (Å²) in [4.78, 5) is 14.6. The zero-order chi connectivity index (χ0) is 12.8. The van der Waals surface area contributed by atoms with Crippen molar-refractivity contribution in [3.63, 3.8) is 0 Å². The fourth-order valence-corrected chi connectivity index (χ4v) is 3.11. The first kappa shape index (κ1) is 12.4. The Kier molecular flexibility index (Phi) is 2.90. The smallest absolute Gasteiger partial charge is 0.242 e. The predicted molar refractivity (Wildman–Crippen MR) is 69.3 cm³/mol. The molecule has 0 bridgehead atoms. The Bertz CT molecular complexity index is 344. The molecule has 1 saturated carbocycles. The van der Waals surface area contributed by atoms with Gasteiger partial charge in [-0.15, -0.1) is 0 Å². The number of nitrogens with one attached hydrogen (secondary N) is 1. The van der Waals surface area contributed by atoms with Crippen LogP contribution in [0.3, 0.4) is 0 Å². The van der Waals surface area contributed by atoms with Gasteiger partial charge in [0, 0.05) is 31.7 Å². The van der Waals surface area contributed by atoms with E-state index in [2.05, 4.69) is 10.2 Å². The van der Waals surface area contributed by atoms with E-state index in [0.29, 0.717) is 5.41 Å². The summed E-state index contributed by atoms with van der Waals surface area (Å²) in [6.07, 6.45) is 5.01. The lowest BCUT2D eigenvalue weighted by molar-refractivity contribution is -0.138. The highest BCUT2D eigenvalue weighted by Crippen LogP contribution is 2.47. The van der Waals surface area contributed by atoms with E-state index in [1.807, 2.05) is 13.8 Å². The number of ether oxygens (including phenoxy) is 1. The van der Waals surface area contributed by atoms with Crippen LogP contribution in [-0.4, -0.2) is 48.7 Å². The monoisotopic (exact) mass is 252 g/mol. The maximum absolute atomic E-state index is 12.6. The molecule has 4 heteroatoms. The number of nitrogens with zero attached hydrogens (tertiary/aromatic N) is 1. The lowest BCUT2D eigenvalue weighted by atomic mass is 10.0.